The van der Waals surface area contributed by atoms with Crippen molar-refractivity contribution < 1.29 is 4.79 Å². The van der Waals surface area contributed by atoms with Crippen LogP contribution >= 0.6 is 23.1 Å². The Bertz CT molecular complexity index is 699. The summed E-state index contributed by atoms with van der Waals surface area (Å²) in [6, 6.07) is 3.86. The van der Waals surface area contributed by atoms with Crippen LogP contribution in [0.3, 0.4) is 0 Å². The molecule has 0 unspecified atom stereocenters. The van der Waals surface area contributed by atoms with Crippen LogP contribution in [0, 0.1) is 11.3 Å². The van der Waals surface area contributed by atoms with Crippen molar-refractivity contribution in [1.82, 2.24) is 20.3 Å². The number of aromatic nitrogens is 3. The van der Waals surface area contributed by atoms with Gasteiger partial charge < -0.3 is 5.32 Å². The minimum Gasteiger partial charge on any atom is -0.343 e. The van der Waals surface area contributed by atoms with E-state index in [1.54, 1.807) is 28.7 Å². The summed E-state index contributed by atoms with van der Waals surface area (Å²) in [5.74, 6) is 0.588. The molecule has 1 aliphatic carbocycles. The van der Waals surface area contributed by atoms with E-state index in [1.807, 2.05) is 17.0 Å². The quantitative estimate of drug-likeness (QED) is 0.876. The van der Waals surface area contributed by atoms with E-state index < -0.39 is 5.54 Å². The van der Waals surface area contributed by atoms with Crippen LogP contribution < -0.4 is 5.32 Å². The predicted molar refractivity (Wildman–Crippen MR) is 85.8 cm³/mol. The minimum absolute atomic E-state index is 0.115. The lowest BCUT2D eigenvalue weighted by Crippen LogP contribution is -2.30. The van der Waals surface area contributed by atoms with Crippen LogP contribution in [-0.2, 0) is 5.54 Å². The average molecular weight is 333 g/mol. The van der Waals surface area contributed by atoms with Crippen molar-refractivity contribution in [2.75, 3.05) is 12.0 Å². The summed E-state index contributed by atoms with van der Waals surface area (Å²) < 4.78 is 1.63. The normalized spacial score (nSPS) is 16.7. The number of carbonyl (C=O) groups is 1. The first-order chi connectivity index (χ1) is 10.7. The second-order valence-corrected chi connectivity index (χ2v) is 6.92. The molecular formula is C14H15N5OS2. The Hall–Kier alpha value is -1.85. The molecule has 0 saturated heterocycles. The van der Waals surface area contributed by atoms with E-state index in [4.69, 9.17) is 0 Å². The monoisotopic (exact) mass is 333 g/mol. The minimum atomic E-state index is -0.521. The topological polar surface area (TPSA) is 83.6 Å². The van der Waals surface area contributed by atoms with Crippen LogP contribution in [0.1, 0.15) is 34.9 Å². The summed E-state index contributed by atoms with van der Waals surface area (Å²) >= 11 is 3.12. The van der Waals surface area contributed by atoms with E-state index >= 15 is 0 Å². The molecule has 1 atom stereocenters. The molecule has 0 spiro atoms. The molecule has 2 heterocycles. The highest BCUT2D eigenvalue weighted by Gasteiger charge is 2.46. The molecule has 6 nitrogen and oxygen atoms in total. The third kappa shape index (κ3) is 2.87. The Morgan fingerprint density at radius 2 is 2.50 bits per heavy atom. The van der Waals surface area contributed by atoms with E-state index in [9.17, 15) is 10.1 Å². The number of nitriles is 1. The standard InChI is InChI=1S/C14H15N5OS2/c1-21-8-12(16-13(20)10-2-5-22-7-10)11-6-19(18-17-11)14(9-15)3-4-14/h2,5-7,12H,3-4,8H2,1H3,(H,16,20)/t12-/m0/s1. The lowest BCUT2D eigenvalue weighted by molar-refractivity contribution is 0.0940. The molecule has 1 saturated carbocycles. The van der Waals surface area contributed by atoms with Gasteiger partial charge in [-0.3, -0.25) is 4.79 Å². The molecule has 0 bridgehead atoms. The number of hydrogen-bond acceptors (Lipinski definition) is 6. The fourth-order valence-corrected chi connectivity index (χ4v) is 3.38. The Labute approximate surface area is 136 Å². The van der Waals surface area contributed by atoms with Crippen molar-refractivity contribution in [3.63, 3.8) is 0 Å². The highest BCUT2D eigenvalue weighted by molar-refractivity contribution is 7.98. The van der Waals surface area contributed by atoms with Gasteiger partial charge in [0.05, 0.1) is 23.9 Å². The maximum absolute atomic E-state index is 12.2. The Kier molecular flexibility index (Phi) is 4.18. The van der Waals surface area contributed by atoms with E-state index in [1.165, 1.54) is 11.3 Å². The van der Waals surface area contributed by atoms with Crippen molar-refractivity contribution in [2.45, 2.75) is 24.4 Å². The predicted octanol–water partition coefficient (Wildman–Crippen LogP) is 2.19. The molecule has 0 radical (unpaired) electrons. The first-order valence-electron chi connectivity index (χ1n) is 6.84. The summed E-state index contributed by atoms with van der Waals surface area (Å²) in [6.45, 7) is 0. The third-order valence-electron chi connectivity index (χ3n) is 3.66. The third-order valence-corrected chi connectivity index (χ3v) is 5.01. The van der Waals surface area contributed by atoms with Gasteiger partial charge in [0.25, 0.3) is 5.91 Å². The maximum Gasteiger partial charge on any atom is 0.252 e. The van der Waals surface area contributed by atoms with Crippen molar-refractivity contribution in [3.8, 4) is 6.07 Å². The molecule has 3 rings (SSSR count). The summed E-state index contributed by atoms with van der Waals surface area (Å²) in [6.07, 6.45) is 5.37. The number of nitrogens with one attached hydrogen (secondary N) is 1. The number of thiophene rings is 1. The number of hydrogen-bond donors (Lipinski definition) is 1. The second-order valence-electron chi connectivity index (χ2n) is 5.22. The Morgan fingerprint density at radius 3 is 3.09 bits per heavy atom. The summed E-state index contributed by atoms with van der Waals surface area (Å²) in [5, 5.41) is 24.1. The van der Waals surface area contributed by atoms with Crippen LogP contribution in [0.15, 0.2) is 23.0 Å². The zero-order valence-corrected chi connectivity index (χ0v) is 13.7. The average Bonchev–Trinajstić information content (AvgIpc) is 2.97. The van der Waals surface area contributed by atoms with Gasteiger partial charge in [-0.05, 0) is 30.5 Å². The molecule has 1 amide bonds. The largest absolute Gasteiger partial charge is 0.343 e. The van der Waals surface area contributed by atoms with E-state index in [-0.39, 0.29) is 11.9 Å². The fraction of sp³-hybridized carbons (Fsp3) is 0.429. The second kappa shape index (κ2) is 6.10. The molecule has 22 heavy (non-hydrogen) atoms. The lowest BCUT2D eigenvalue weighted by atomic mass is 10.2. The van der Waals surface area contributed by atoms with Crippen molar-refractivity contribution in [3.05, 3.63) is 34.3 Å². The number of carbonyl (C=O) groups excluding carboxylic acids is 1. The summed E-state index contributed by atoms with van der Waals surface area (Å²) in [4.78, 5) is 12.2. The van der Waals surface area contributed by atoms with Gasteiger partial charge in [-0.15, -0.1) is 5.10 Å². The molecule has 1 N–H and O–H groups in total. The number of rotatable bonds is 6. The molecule has 0 aliphatic heterocycles. The van der Waals surface area contributed by atoms with Crippen molar-refractivity contribution >= 4 is 29.0 Å². The molecule has 1 fully saturated rings. The zero-order valence-electron chi connectivity index (χ0n) is 12.0. The van der Waals surface area contributed by atoms with Gasteiger partial charge in [-0.2, -0.15) is 28.4 Å². The highest BCUT2D eigenvalue weighted by Crippen LogP contribution is 2.42. The molecule has 114 valence electrons. The van der Waals surface area contributed by atoms with Crippen LogP contribution in [0.5, 0.6) is 0 Å². The van der Waals surface area contributed by atoms with Gasteiger partial charge in [0.15, 0.2) is 5.54 Å². The summed E-state index contributed by atoms with van der Waals surface area (Å²) in [7, 11) is 0. The van der Waals surface area contributed by atoms with Gasteiger partial charge in [0, 0.05) is 11.1 Å². The van der Waals surface area contributed by atoms with E-state index in [0.29, 0.717) is 17.0 Å². The Balaban J connectivity index is 1.77. The molecule has 1 aliphatic rings. The molecular weight excluding hydrogens is 318 g/mol. The van der Waals surface area contributed by atoms with E-state index in [2.05, 4.69) is 21.7 Å². The van der Waals surface area contributed by atoms with Crippen LogP contribution in [0.2, 0.25) is 0 Å². The zero-order chi connectivity index (χ0) is 15.6. The molecule has 0 aromatic carbocycles. The van der Waals surface area contributed by atoms with Gasteiger partial charge in [0.1, 0.15) is 5.69 Å². The SMILES string of the molecule is CSC[C@H](NC(=O)c1ccsc1)c1cn(C2(C#N)CC2)nn1. The van der Waals surface area contributed by atoms with Gasteiger partial charge in [-0.1, -0.05) is 5.21 Å². The fourth-order valence-electron chi connectivity index (χ4n) is 2.16. The molecule has 2 aromatic heterocycles. The van der Waals surface area contributed by atoms with Gasteiger partial charge in [-0.25, -0.2) is 4.68 Å². The van der Waals surface area contributed by atoms with E-state index in [0.717, 1.165) is 12.8 Å². The molecule has 8 heteroatoms. The number of nitrogens with zero attached hydrogens (tertiary/aromatic N) is 4. The Morgan fingerprint density at radius 1 is 1.68 bits per heavy atom. The highest BCUT2D eigenvalue weighted by atomic mass is 32.2. The van der Waals surface area contributed by atoms with Crippen LogP contribution in [0.25, 0.3) is 0 Å². The maximum atomic E-state index is 12.2. The van der Waals surface area contributed by atoms with Gasteiger partial charge in [0.2, 0.25) is 0 Å². The number of amides is 1. The van der Waals surface area contributed by atoms with Crippen LogP contribution in [0.4, 0.5) is 0 Å². The summed E-state index contributed by atoms with van der Waals surface area (Å²) in [5.41, 5.74) is 0.825. The smallest absolute Gasteiger partial charge is 0.252 e. The lowest BCUT2D eigenvalue weighted by Gasteiger charge is -2.14. The van der Waals surface area contributed by atoms with Crippen molar-refractivity contribution in [1.29, 1.82) is 5.26 Å². The first-order valence-corrected chi connectivity index (χ1v) is 9.18. The molecule has 2 aromatic rings. The van der Waals surface area contributed by atoms with Crippen LogP contribution in [-0.4, -0.2) is 32.9 Å². The first kappa shape index (κ1) is 15.1. The number of thioether (sulfide) groups is 1. The van der Waals surface area contributed by atoms with Crippen molar-refractivity contribution in [2.24, 2.45) is 0 Å². The van der Waals surface area contributed by atoms with Gasteiger partial charge >= 0.3 is 0 Å².